The second-order valence-electron chi connectivity index (χ2n) is 12.4. The number of rotatable bonds is 9. The zero-order chi connectivity index (χ0) is 30.0. The summed E-state index contributed by atoms with van der Waals surface area (Å²) in [4.78, 5) is 18.3. The lowest BCUT2D eigenvalue weighted by atomic mass is 9.96. The quantitative estimate of drug-likeness (QED) is 0.343. The third-order valence-electron chi connectivity index (χ3n) is 8.83. The van der Waals surface area contributed by atoms with Crippen molar-refractivity contribution in [2.45, 2.75) is 63.3 Å². The number of nitrogens with zero attached hydrogens (tertiary/aromatic N) is 5. The molecule has 3 aromatic rings. The highest BCUT2D eigenvalue weighted by Crippen LogP contribution is 2.51. The topological polar surface area (TPSA) is 130 Å². The Hall–Kier alpha value is -3.93. The summed E-state index contributed by atoms with van der Waals surface area (Å²) in [6.07, 6.45) is 7.25. The molecule has 2 fully saturated rings. The molecule has 1 atom stereocenters. The largest absolute Gasteiger partial charge is 0.492 e. The van der Waals surface area contributed by atoms with E-state index in [0.717, 1.165) is 60.3 Å². The van der Waals surface area contributed by atoms with Crippen LogP contribution >= 0.6 is 0 Å². The Morgan fingerprint density at radius 2 is 1.76 bits per heavy atom. The SMILES string of the molecule is COc1c(NC(=O)c2ccc(C)c(N3CC(c4cnc(C5(C)CC5)n4C)N=N3)c2)cc(C2(C)CC2)cc1NS(C)(=O)=O. The highest BCUT2D eigenvalue weighted by atomic mass is 32.2. The number of methoxy groups -OCH3 is 1. The summed E-state index contributed by atoms with van der Waals surface area (Å²) in [5.41, 5.74) is 4.92. The van der Waals surface area contributed by atoms with Gasteiger partial charge in [0, 0.05) is 18.0 Å². The van der Waals surface area contributed by atoms with Gasteiger partial charge in [-0.1, -0.05) is 25.1 Å². The first kappa shape index (κ1) is 28.2. The van der Waals surface area contributed by atoms with Crippen LogP contribution in [0.15, 0.2) is 46.9 Å². The minimum absolute atomic E-state index is 0.0704. The first-order valence-corrected chi connectivity index (χ1v) is 16.0. The average molecular weight is 592 g/mol. The Morgan fingerprint density at radius 3 is 2.40 bits per heavy atom. The highest BCUT2D eigenvalue weighted by molar-refractivity contribution is 7.92. The predicted octanol–water partition coefficient (Wildman–Crippen LogP) is 5.39. The standard InChI is InChI=1S/C30H37N7O4S/c1-18-7-8-19(13-24(18)37-17-23(33-35-37)25-16-31-28(36(25)4)30(3)11-12-30)27(38)32-21-14-20(29(2)9-10-29)15-22(26(21)41-5)34-42(6,39)40/h7-8,13-16,23,34H,9-12,17H2,1-6H3,(H,32,38). The predicted molar refractivity (Wildman–Crippen MR) is 162 cm³/mol. The number of hydrogen-bond acceptors (Lipinski definition) is 8. The van der Waals surface area contributed by atoms with Crippen molar-refractivity contribution in [3.05, 3.63) is 64.7 Å². The molecule has 1 aliphatic heterocycles. The zero-order valence-corrected chi connectivity index (χ0v) is 25.7. The summed E-state index contributed by atoms with van der Waals surface area (Å²) in [5, 5.41) is 13.8. The summed E-state index contributed by atoms with van der Waals surface area (Å²) in [6, 6.07) is 8.95. The fourth-order valence-corrected chi connectivity index (χ4v) is 6.18. The molecule has 11 nitrogen and oxygen atoms in total. The molecule has 1 unspecified atom stereocenters. The molecular formula is C30H37N7O4S. The minimum atomic E-state index is -3.57. The lowest BCUT2D eigenvalue weighted by molar-refractivity contribution is 0.102. The Morgan fingerprint density at radius 1 is 1.07 bits per heavy atom. The molecule has 6 rings (SSSR count). The van der Waals surface area contributed by atoms with Gasteiger partial charge in [0.15, 0.2) is 5.75 Å². The second kappa shape index (κ2) is 9.82. The van der Waals surface area contributed by atoms with Gasteiger partial charge in [-0.15, -0.1) is 0 Å². The molecule has 1 aromatic heterocycles. The van der Waals surface area contributed by atoms with Gasteiger partial charge in [0.05, 0.1) is 48.9 Å². The van der Waals surface area contributed by atoms with Gasteiger partial charge in [0.25, 0.3) is 5.91 Å². The molecule has 1 amide bonds. The molecule has 12 heteroatoms. The lowest BCUT2D eigenvalue weighted by Gasteiger charge is -2.20. The summed E-state index contributed by atoms with van der Waals surface area (Å²) < 4.78 is 34.5. The van der Waals surface area contributed by atoms with E-state index in [1.54, 1.807) is 18.2 Å². The van der Waals surface area contributed by atoms with E-state index in [-0.39, 0.29) is 28.5 Å². The van der Waals surface area contributed by atoms with Crippen molar-refractivity contribution in [3.63, 3.8) is 0 Å². The van der Waals surface area contributed by atoms with Crippen LogP contribution in [0.4, 0.5) is 17.1 Å². The number of anilines is 3. The number of imidazole rings is 1. The Kier molecular flexibility index (Phi) is 6.60. The molecule has 2 heterocycles. The monoisotopic (exact) mass is 591 g/mol. The Balaban J connectivity index is 1.25. The van der Waals surface area contributed by atoms with E-state index >= 15 is 0 Å². The van der Waals surface area contributed by atoms with E-state index < -0.39 is 10.0 Å². The molecular weight excluding hydrogens is 554 g/mol. The van der Waals surface area contributed by atoms with Crippen LogP contribution in [0, 0.1) is 6.92 Å². The fourth-order valence-electron chi connectivity index (χ4n) is 5.63. The first-order chi connectivity index (χ1) is 19.8. The molecule has 0 spiro atoms. The molecule has 42 heavy (non-hydrogen) atoms. The Bertz CT molecular complexity index is 1720. The molecule has 222 valence electrons. The summed E-state index contributed by atoms with van der Waals surface area (Å²) in [7, 11) is -0.0809. The van der Waals surface area contributed by atoms with E-state index in [2.05, 4.69) is 38.8 Å². The van der Waals surface area contributed by atoms with E-state index in [9.17, 15) is 13.2 Å². The van der Waals surface area contributed by atoms with Gasteiger partial charge in [-0.25, -0.2) is 18.4 Å². The number of ether oxygens (including phenoxy) is 1. The fraction of sp³-hybridized carbons (Fsp3) is 0.467. The number of carbonyl (C=O) groups is 1. The Labute approximate surface area is 246 Å². The maximum absolute atomic E-state index is 13.6. The van der Waals surface area contributed by atoms with Crippen LogP contribution in [0.1, 0.15) is 78.6 Å². The first-order valence-electron chi connectivity index (χ1n) is 14.1. The summed E-state index contributed by atoms with van der Waals surface area (Å²) in [5.74, 6) is 0.992. The minimum Gasteiger partial charge on any atom is -0.492 e. The maximum atomic E-state index is 13.6. The molecule has 3 aliphatic rings. The van der Waals surface area contributed by atoms with Crippen LogP contribution in [0.5, 0.6) is 5.75 Å². The smallest absolute Gasteiger partial charge is 0.255 e. The van der Waals surface area contributed by atoms with Crippen molar-refractivity contribution >= 4 is 33.0 Å². The van der Waals surface area contributed by atoms with Crippen LogP contribution in [0.25, 0.3) is 0 Å². The van der Waals surface area contributed by atoms with Crippen molar-refractivity contribution in [1.29, 1.82) is 0 Å². The van der Waals surface area contributed by atoms with Gasteiger partial charge < -0.3 is 14.6 Å². The molecule has 2 saturated carbocycles. The normalized spacial score (nSPS) is 20.0. The third-order valence-corrected chi connectivity index (χ3v) is 9.42. The lowest BCUT2D eigenvalue weighted by Crippen LogP contribution is -2.20. The van der Waals surface area contributed by atoms with Crippen LogP contribution < -0.4 is 19.8 Å². The highest BCUT2D eigenvalue weighted by Gasteiger charge is 2.43. The number of sulfonamides is 1. The second-order valence-corrected chi connectivity index (χ2v) is 14.2. The van der Waals surface area contributed by atoms with E-state index in [1.165, 1.54) is 7.11 Å². The summed E-state index contributed by atoms with van der Waals surface area (Å²) >= 11 is 0. The van der Waals surface area contributed by atoms with E-state index in [0.29, 0.717) is 23.5 Å². The van der Waals surface area contributed by atoms with Crippen molar-refractivity contribution in [3.8, 4) is 5.75 Å². The molecule has 0 bridgehead atoms. The van der Waals surface area contributed by atoms with Gasteiger partial charge >= 0.3 is 0 Å². The molecule has 2 N–H and O–H groups in total. The number of aromatic nitrogens is 2. The number of carbonyl (C=O) groups excluding carboxylic acids is 1. The number of benzene rings is 2. The van der Waals surface area contributed by atoms with Gasteiger partial charge in [-0.05, 0) is 73.4 Å². The van der Waals surface area contributed by atoms with Gasteiger partial charge in [0.2, 0.25) is 10.0 Å². The van der Waals surface area contributed by atoms with Gasteiger partial charge in [-0.3, -0.25) is 9.52 Å². The van der Waals surface area contributed by atoms with Gasteiger partial charge in [0.1, 0.15) is 11.9 Å². The number of aryl methyl sites for hydroxylation is 1. The van der Waals surface area contributed by atoms with Crippen molar-refractivity contribution in [2.75, 3.05) is 35.0 Å². The van der Waals surface area contributed by atoms with Crippen molar-refractivity contribution in [2.24, 2.45) is 17.4 Å². The number of nitrogens with one attached hydrogen (secondary N) is 2. The van der Waals surface area contributed by atoms with Crippen LogP contribution in [0.3, 0.4) is 0 Å². The molecule has 2 aliphatic carbocycles. The average Bonchev–Trinajstić information content (AvgIpc) is 3.74. The van der Waals surface area contributed by atoms with E-state index in [1.807, 2.05) is 37.3 Å². The maximum Gasteiger partial charge on any atom is 0.255 e. The van der Waals surface area contributed by atoms with Crippen LogP contribution in [-0.2, 0) is 27.9 Å². The molecule has 0 radical (unpaired) electrons. The van der Waals surface area contributed by atoms with Crippen LogP contribution in [-0.4, -0.2) is 43.8 Å². The third kappa shape index (κ3) is 5.23. The molecule has 0 saturated heterocycles. The van der Waals surface area contributed by atoms with Crippen LogP contribution in [0.2, 0.25) is 0 Å². The number of amides is 1. The molecule has 2 aromatic carbocycles. The summed E-state index contributed by atoms with van der Waals surface area (Å²) in [6.45, 7) is 6.87. The van der Waals surface area contributed by atoms with E-state index in [4.69, 9.17) is 9.72 Å². The van der Waals surface area contributed by atoms with Crippen molar-refractivity contribution in [1.82, 2.24) is 9.55 Å². The van der Waals surface area contributed by atoms with Crippen molar-refractivity contribution < 1.29 is 17.9 Å². The number of hydrogen-bond donors (Lipinski definition) is 2. The zero-order valence-electron chi connectivity index (χ0n) is 24.9. The van der Waals surface area contributed by atoms with Gasteiger partial charge in [-0.2, -0.15) is 5.11 Å².